The molecule has 0 atom stereocenters. The standard InChI is InChI=1S/C26H37N5O.HI/c1-20-11-14-31(15-12-20)19-23-8-4-7-22(16-23)18-30-26(28-3)29-13-10-21-6-5-9-24(17-21)25(32)27-2;/h4-9,16-17,20H,10-15,18-19H2,1-3H3,(H,27,32)(H2,28,29,30);1H. The van der Waals surface area contributed by atoms with Crippen molar-refractivity contribution in [3.8, 4) is 0 Å². The summed E-state index contributed by atoms with van der Waals surface area (Å²) in [5.41, 5.74) is 4.44. The van der Waals surface area contributed by atoms with E-state index in [1.54, 1.807) is 14.1 Å². The number of nitrogens with one attached hydrogen (secondary N) is 3. The minimum atomic E-state index is -0.0608. The van der Waals surface area contributed by atoms with E-state index in [0.717, 1.165) is 43.5 Å². The van der Waals surface area contributed by atoms with Crippen LogP contribution >= 0.6 is 24.0 Å². The normalized spacial score (nSPS) is 14.9. The second-order valence-electron chi connectivity index (χ2n) is 8.66. The fraction of sp³-hybridized carbons (Fsp3) is 0.462. The fourth-order valence-electron chi connectivity index (χ4n) is 4.06. The van der Waals surface area contributed by atoms with E-state index in [2.05, 4.69) is 57.0 Å². The second-order valence-corrected chi connectivity index (χ2v) is 8.66. The van der Waals surface area contributed by atoms with Gasteiger partial charge in [0.25, 0.3) is 5.91 Å². The van der Waals surface area contributed by atoms with Crippen molar-refractivity contribution in [1.29, 1.82) is 0 Å². The minimum absolute atomic E-state index is 0. The van der Waals surface area contributed by atoms with Gasteiger partial charge in [0.15, 0.2) is 5.96 Å². The van der Waals surface area contributed by atoms with Crippen molar-refractivity contribution in [1.82, 2.24) is 20.9 Å². The van der Waals surface area contributed by atoms with Crippen LogP contribution in [0.25, 0.3) is 0 Å². The maximum absolute atomic E-state index is 11.8. The van der Waals surface area contributed by atoms with Gasteiger partial charge in [-0.2, -0.15) is 0 Å². The van der Waals surface area contributed by atoms with Crippen LogP contribution in [0.4, 0.5) is 0 Å². The molecule has 2 aromatic rings. The Kier molecular flexibility index (Phi) is 11.7. The number of hydrogen-bond acceptors (Lipinski definition) is 3. The number of carbonyl (C=O) groups is 1. The predicted octanol–water partition coefficient (Wildman–Crippen LogP) is 3.80. The Balaban J connectivity index is 0.00000385. The third kappa shape index (κ3) is 8.97. The molecule has 1 saturated heterocycles. The van der Waals surface area contributed by atoms with E-state index < -0.39 is 0 Å². The number of likely N-dealkylation sites (tertiary alicyclic amines) is 1. The summed E-state index contributed by atoms with van der Waals surface area (Å²) >= 11 is 0. The van der Waals surface area contributed by atoms with Gasteiger partial charge in [0.05, 0.1) is 0 Å². The van der Waals surface area contributed by atoms with E-state index in [1.165, 1.54) is 37.1 Å². The molecule has 0 aliphatic carbocycles. The highest BCUT2D eigenvalue weighted by molar-refractivity contribution is 14.0. The van der Waals surface area contributed by atoms with Crippen LogP contribution in [0.5, 0.6) is 0 Å². The summed E-state index contributed by atoms with van der Waals surface area (Å²) in [6, 6.07) is 16.6. The second kappa shape index (κ2) is 14.2. The van der Waals surface area contributed by atoms with E-state index in [0.29, 0.717) is 5.56 Å². The van der Waals surface area contributed by atoms with Gasteiger partial charge in [0.1, 0.15) is 0 Å². The molecule has 2 aromatic carbocycles. The van der Waals surface area contributed by atoms with Crippen LogP contribution in [0.15, 0.2) is 53.5 Å². The van der Waals surface area contributed by atoms with Gasteiger partial charge < -0.3 is 16.0 Å². The van der Waals surface area contributed by atoms with Crippen LogP contribution in [0, 0.1) is 5.92 Å². The molecule has 7 heteroatoms. The van der Waals surface area contributed by atoms with Crippen LogP contribution in [-0.2, 0) is 19.5 Å². The molecule has 180 valence electrons. The van der Waals surface area contributed by atoms with Crippen LogP contribution in [0.1, 0.15) is 46.8 Å². The van der Waals surface area contributed by atoms with Crippen LogP contribution < -0.4 is 16.0 Å². The Morgan fingerprint density at radius 1 is 1.03 bits per heavy atom. The topological polar surface area (TPSA) is 68.8 Å². The number of piperidine rings is 1. The number of carbonyl (C=O) groups excluding carboxylic acids is 1. The first-order valence-corrected chi connectivity index (χ1v) is 11.6. The molecule has 6 nitrogen and oxygen atoms in total. The maximum Gasteiger partial charge on any atom is 0.251 e. The summed E-state index contributed by atoms with van der Waals surface area (Å²) in [6.07, 6.45) is 3.42. The zero-order chi connectivity index (χ0) is 22.8. The summed E-state index contributed by atoms with van der Waals surface area (Å²) in [4.78, 5) is 18.7. The number of halogens is 1. The van der Waals surface area contributed by atoms with E-state index in [1.807, 2.05) is 24.3 Å². The zero-order valence-corrected chi connectivity index (χ0v) is 22.4. The molecule has 0 saturated carbocycles. The summed E-state index contributed by atoms with van der Waals surface area (Å²) < 4.78 is 0. The van der Waals surface area contributed by atoms with Gasteiger partial charge in [-0.05, 0) is 67.1 Å². The van der Waals surface area contributed by atoms with Crippen molar-refractivity contribution in [2.24, 2.45) is 10.9 Å². The Morgan fingerprint density at radius 2 is 1.73 bits per heavy atom. The molecule has 1 heterocycles. The van der Waals surface area contributed by atoms with Gasteiger partial charge >= 0.3 is 0 Å². The molecule has 1 aliphatic rings. The number of aliphatic imine (C=N–C) groups is 1. The van der Waals surface area contributed by atoms with Crippen LogP contribution in [-0.4, -0.2) is 50.5 Å². The summed E-state index contributed by atoms with van der Waals surface area (Å²) in [7, 11) is 3.44. The number of benzene rings is 2. The van der Waals surface area contributed by atoms with Crippen molar-refractivity contribution >= 4 is 35.8 Å². The molecule has 1 fully saturated rings. The zero-order valence-electron chi connectivity index (χ0n) is 20.1. The Bertz CT molecular complexity index is 909. The maximum atomic E-state index is 11.8. The summed E-state index contributed by atoms with van der Waals surface area (Å²) in [6.45, 7) is 7.26. The first kappa shape index (κ1) is 27.1. The highest BCUT2D eigenvalue weighted by atomic mass is 127. The summed E-state index contributed by atoms with van der Waals surface area (Å²) in [5.74, 6) is 1.58. The van der Waals surface area contributed by atoms with E-state index in [9.17, 15) is 4.79 Å². The Hall–Kier alpha value is -2.13. The monoisotopic (exact) mass is 563 g/mol. The van der Waals surface area contributed by atoms with Crippen molar-refractivity contribution in [2.45, 2.75) is 39.3 Å². The van der Waals surface area contributed by atoms with Crippen molar-refractivity contribution in [2.75, 3.05) is 33.7 Å². The Morgan fingerprint density at radius 3 is 2.45 bits per heavy atom. The summed E-state index contributed by atoms with van der Waals surface area (Å²) in [5, 5.41) is 9.44. The quantitative estimate of drug-likeness (QED) is 0.260. The van der Waals surface area contributed by atoms with Gasteiger partial charge in [-0.25, -0.2) is 0 Å². The van der Waals surface area contributed by atoms with E-state index >= 15 is 0 Å². The lowest BCUT2D eigenvalue weighted by atomic mass is 9.98. The molecule has 0 radical (unpaired) electrons. The van der Waals surface area contributed by atoms with Gasteiger partial charge in [-0.15, -0.1) is 24.0 Å². The predicted molar refractivity (Wildman–Crippen MR) is 147 cm³/mol. The lowest BCUT2D eigenvalue weighted by Gasteiger charge is -2.30. The minimum Gasteiger partial charge on any atom is -0.356 e. The lowest BCUT2D eigenvalue weighted by Crippen LogP contribution is -2.37. The molecule has 1 amide bonds. The van der Waals surface area contributed by atoms with Gasteiger partial charge in [-0.1, -0.05) is 43.3 Å². The number of guanidine groups is 1. The van der Waals surface area contributed by atoms with Crippen molar-refractivity contribution in [3.63, 3.8) is 0 Å². The SMILES string of the molecule is CN=C(NCCc1cccc(C(=O)NC)c1)NCc1cccc(CN2CCC(C)CC2)c1.I. The fourth-order valence-corrected chi connectivity index (χ4v) is 4.06. The molecule has 0 unspecified atom stereocenters. The molecule has 0 spiro atoms. The van der Waals surface area contributed by atoms with Crippen molar-refractivity contribution < 1.29 is 4.79 Å². The average molecular weight is 564 g/mol. The van der Waals surface area contributed by atoms with Crippen molar-refractivity contribution in [3.05, 3.63) is 70.8 Å². The molecule has 33 heavy (non-hydrogen) atoms. The number of rotatable bonds is 8. The first-order chi connectivity index (χ1) is 15.6. The molecule has 0 bridgehead atoms. The van der Waals surface area contributed by atoms with Gasteiger partial charge in [0.2, 0.25) is 0 Å². The van der Waals surface area contributed by atoms with E-state index in [4.69, 9.17) is 0 Å². The molecule has 1 aliphatic heterocycles. The first-order valence-electron chi connectivity index (χ1n) is 11.6. The van der Waals surface area contributed by atoms with Gasteiger partial charge in [-0.3, -0.25) is 14.7 Å². The third-order valence-electron chi connectivity index (χ3n) is 6.08. The van der Waals surface area contributed by atoms with Gasteiger partial charge in [0, 0.05) is 39.3 Å². The number of hydrogen-bond donors (Lipinski definition) is 3. The highest BCUT2D eigenvalue weighted by Gasteiger charge is 2.15. The number of nitrogens with zero attached hydrogens (tertiary/aromatic N) is 2. The van der Waals surface area contributed by atoms with Crippen LogP contribution in [0.3, 0.4) is 0 Å². The highest BCUT2D eigenvalue weighted by Crippen LogP contribution is 2.18. The molecular weight excluding hydrogens is 525 g/mol. The third-order valence-corrected chi connectivity index (χ3v) is 6.08. The molecule has 0 aromatic heterocycles. The Labute approximate surface area is 215 Å². The molecular formula is C26H38IN5O. The number of amides is 1. The molecule has 3 rings (SSSR count). The molecule has 3 N–H and O–H groups in total. The smallest absolute Gasteiger partial charge is 0.251 e. The largest absolute Gasteiger partial charge is 0.356 e. The van der Waals surface area contributed by atoms with E-state index in [-0.39, 0.29) is 29.9 Å². The van der Waals surface area contributed by atoms with Crippen LogP contribution in [0.2, 0.25) is 0 Å². The average Bonchev–Trinajstić information content (AvgIpc) is 2.82. The lowest BCUT2D eigenvalue weighted by molar-refractivity contribution is 0.0963.